The van der Waals surface area contributed by atoms with E-state index in [0.717, 1.165) is 5.56 Å². The molecule has 0 unspecified atom stereocenters. The summed E-state index contributed by atoms with van der Waals surface area (Å²) >= 11 is 13.6. The van der Waals surface area contributed by atoms with Gasteiger partial charge in [0.2, 0.25) is 0 Å². The quantitative estimate of drug-likeness (QED) is 0.482. The normalized spacial score (nSPS) is 11.4. The summed E-state index contributed by atoms with van der Waals surface area (Å²) in [5.41, 5.74) is 2.12. The lowest BCUT2D eigenvalue weighted by molar-refractivity contribution is -0.130. The number of phenols is 1. The van der Waals surface area contributed by atoms with E-state index in [-0.39, 0.29) is 23.0 Å². The van der Waals surface area contributed by atoms with Gasteiger partial charge in [-0.15, -0.1) is 0 Å². The molecular formula is C20H14Cl2O4S. The number of thiophene rings is 1. The van der Waals surface area contributed by atoms with Gasteiger partial charge in [0.25, 0.3) is 0 Å². The van der Waals surface area contributed by atoms with Crippen LogP contribution in [0.2, 0.25) is 10.0 Å². The summed E-state index contributed by atoms with van der Waals surface area (Å²) in [7, 11) is 0. The van der Waals surface area contributed by atoms with Crippen molar-refractivity contribution in [1.29, 1.82) is 0 Å². The largest absolute Gasteiger partial charge is 0.506 e. The van der Waals surface area contributed by atoms with Crippen molar-refractivity contribution in [2.24, 2.45) is 0 Å². The maximum atomic E-state index is 11.5. The molecule has 138 valence electrons. The Bertz CT molecular complexity index is 980. The standard InChI is InChI=1S/C20H14Cl2O4S/c21-17-5-6-18(23)19(22)16(17)10-26-14-3-1-12(2-4-14)9-15(20(24)25)13-7-8-27-11-13/h1-9,11,23H,10H2,(H,24,25)/b15-9+. The molecule has 7 heteroatoms. The monoisotopic (exact) mass is 420 g/mol. The molecule has 0 aliphatic heterocycles. The molecule has 0 aliphatic carbocycles. The van der Waals surface area contributed by atoms with Crippen LogP contribution in [0, 0.1) is 0 Å². The van der Waals surface area contributed by atoms with E-state index in [1.165, 1.54) is 17.4 Å². The summed E-state index contributed by atoms with van der Waals surface area (Å²) in [6, 6.07) is 11.7. The Balaban J connectivity index is 1.75. The molecule has 0 atom stereocenters. The van der Waals surface area contributed by atoms with Crippen LogP contribution in [0.3, 0.4) is 0 Å². The van der Waals surface area contributed by atoms with Crippen LogP contribution in [-0.2, 0) is 11.4 Å². The molecule has 3 aromatic rings. The second-order valence-electron chi connectivity index (χ2n) is 5.59. The highest BCUT2D eigenvalue weighted by Crippen LogP contribution is 2.33. The van der Waals surface area contributed by atoms with Gasteiger partial charge in [0.1, 0.15) is 18.1 Å². The van der Waals surface area contributed by atoms with Crippen LogP contribution in [0.1, 0.15) is 16.7 Å². The number of ether oxygens (including phenoxy) is 1. The lowest BCUT2D eigenvalue weighted by Crippen LogP contribution is -1.99. The first-order valence-corrected chi connectivity index (χ1v) is 9.52. The molecule has 0 saturated heterocycles. The highest BCUT2D eigenvalue weighted by atomic mass is 35.5. The van der Waals surface area contributed by atoms with Gasteiger partial charge in [-0.3, -0.25) is 0 Å². The van der Waals surface area contributed by atoms with Gasteiger partial charge in [0.05, 0.1) is 10.6 Å². The number of hydrogen-bond acceptors (Lipinski definition) is 4. The van der Waals surface area contributed by atoms with E-state index in [1.807, 2.05) is 5.38 Å². The van der Waals surface area contributed by atoms with Crippen molar-refractivity contribution >= 4 is 52.2 Å². The number of carboxylic acids is 1. The Morgan fingerprint density at radius 3 is 2.48 bits per heavy atom. The second kappa shape index (κ2) is 8.48. The Morgan fingerprint density at radius 2 is 1.85 bits per heavy atom. The van der Waals surface area contributed by atoms with E-state index in [4.69, 9.17) is 27.9 Å². The van der Waals surface area contributed by atoms with Crippen molar-refractivity contribution in [1.82, 2.24) is 0 Å². The molecule has 0 bridgehead atoms. The predicted molar refractivity (Wildman–Crippen MR) is 109 cm³/mol. The van der Waals surface area contributed by atoms with Crippen LogP contribution >= 0.6 is 34.5 Å². The van der Waals surface area contributed by atoms with E-state index < -0.39 is 5.97 Å². The Kier molecular flexibility index (Phi) is 6.06. The molecule has 0 spiro atoms. The minimum absolute atomic E-state index is 0.0604. The number of aliphatic carboxylic acids is 1. The van der Waals surface area contributed by atoms with Crippen molar-refractivity contribution in [3.05, 3.63) is 80.0 Å². The van der Waals surface area contributed by atoms with Gasteiger partial charge >= 0.3 is 5.97 Å². The van der Waals surface area contributed by atoms with E-state index in [2.05, 4.69) is 0 Å². The number of hydrogen-bond donors (Lipinski definition) is 2. The molecule has 1 aromatic heterocycles. The van der Waals surface area contributed by atoms with Crippen LogP contribution in [0.25, 0.3) is 11.6 Å². The molecule has 0 amide bonds. The molecule has 0 aliphatic rings. The fraction of sp³-hybridized carbons (Fsp3) is 0.0500. The van der Waals surface area contributed by atoms with Crippen LogP contribution in [0.15, 0.2) is 53.2 Å². The van der Waals surface area contributed by atoms with Crippen LogP contribution < -0.4 is 4.74 Å². The average Bonchev–Trinajstić information content (AvgIpc) is 3.18. The fourth-order valence-electron chi connectivity index (χ4n) is 2.39. The minimum atomic E-state index is -0.984. The first kappa shape index (κ1) is 19.3. The number of aromatic hydroxyl groups is 1. The number of rotatable bonds is 6. The third kappa shape index (κ3) is 4.63. The maximum Gasteiger partial charge on any atom is 0.336 e. The summed E-state index contributed by atoms with van der Waals surface area (Å²) in [5, 5.41) is 23.3. The van der Waals surface area contributed by atoms with Crippen molar-refractivity contribution in [3.8, 4) is 11.5 Å². The van der Waals surface area contributed by atoms with Crippen molar-refractivity contribution in [3.63, 3.8) is 0 Å². The van der Waals surface area contributed by atoms with Crippen molar-refractivity contribution in [2.45, 2.75) is 6.61 Å². The predicted octanol–water partition coefficient (Wildman–Crippen LogP) is 5.96. The third-order valence-corrected chi connectivity index (χ3v) is 5.26. The number of benzene rings is 2. The molecule has 0 radical (unpaired) electrons. The summed E-state index contributed by atoms with van der Waals surface area (Å²) in [5.74, 6) is -0.480. The van der Waals surface area contributed by atoms with Crippen LogP contribution in [0.5, 0.6) is 11.5 Å². The molecule has 3 rings (SSSR count). The first-order valence-electron chi connectivity index (χ1n) is 7.82. The smallest absolute Gasteiger partial charge is 0.336 e. The van der Waals surface area contributed by atoms with E-state index >= 15 is 0 Å². The zero-order valence-corrected chi connectivity index (χ0v) is 16.2. The highest BCUT2D eigenvalue weighted by molar-refractivity contribution is 7.08. The molecule has 0 fully saturated rings. The topological polar surface area (TPSA) is 66.8 Å². The Hall–Kier alpha value is -2.47. The number of halogens is 2. The van der Waals surface area contributed by atoms with E-state index in [0.29, 0.717) is 21.9 Å². The number of carbonyl (C=O) groups is 1. The van der Waals surface area contributed by atoms with Gasteiger partial charge in [-0.1, -0.05) is 35.3 Å². The Morgan fingerprint density at radius 1 is 1.11 bits per heavy atom. The molecule has 4 nitrogen and oxygen atoms in total. The van der Waals surface area contributed by atoms with Crippen molar-refractivity contribution < 1.29 is 19.7 Å². The molecule has 27 heavy (non-hydrogen) atoms. The van der Waals surface area contributed by atoms with Gasteiger partial charge in [0, 0.05) is 10.6 Å². The highest BCUT2D eigenvalue weighted by Gasteiger charge is 2.12. The maximum absolute atomic E-state index is 11.5. The summed E-state index contributed by atoms with van der Waals surface area (Å²) in [4.78, 5) is 11.5. The van der Waals surface area contributed by atoms with Gasteiger partial charge in [-0.25, -0.2) is 4.79 Å². The third-order valence-electron chi connectivity index (χ3n) is 3.80. The SMILES string of the molecule is O=C(O)/C(=C/c1ccc(OCc2c(Cl)ccc(O)c2Cl)cc1)c1ccsc1. The average molecular weight is 421 g/mol. The molecule has 2 N–H and O–H groups in total. The minimum Gasteiger partial charge on any atom is -0.506 e. The van der Waals surface area contributed by atoms with Crippen LogP contribution in [-0.4, -0.2) is 16.2 Å². The summed E-state index contributed by atoms with van der Waals surface area (Å²) in [6.07, 6.45) is 1.61. The second-order valence-corrected chi connectivity index (χ2v) is 7.16. The number of carboxylic acid groups (broad SMARTS) is 1. The Labute approximate surface area is 169 Å². The lowest BCUT2D eigenvalue weighted by Gasteiger charge is -2.11. The van der Waals surface area contributed by atoms with E-state index in [9.17, 15) is 15.0 Å². The molecule has 2 aromatic carbocycles. The first-order chi connectivity index (χ1) is 13.0. The van der Waals surface area contributed by atoms with Gasteiger partial charge in [-0.2, -0.15) is 11.3 Å². The molecule has 1 heterocycles. The zero-order chi connectivity index (χ0) is 19.4. The lowest BCUT2D eigenvalue weighted by atomic mass is 10.1. The zero-order valence-electron chi connectivity index (χ0n) is 13.9. The molecular weight excluding hydrogens is 407 g/mol. The number of phenolic OH excluding ortho intramolecular Hbond substituents is 1. The van der Waals surface area contributed by atoms with Crippen molar-refractivity contribution in [2.75, 3.05) is 0 Å². The molecule has 0 saturated carbocycles. The fourth-order valence-corrected chi connectivity index (χ4v) is 3.52. The van der Waals surface area contributed by atoms with Gasteiger partial charge in [0.15, 0.2) is 0 Å². The summed E-state index contributed by atoms with van der Waals surface area (Å²) < 4.78 is 5.67. The summed E-state index contributed by atoms with van der Waals surface area (Å²) in [6.45, 7) is 0.0938. The van der Waals surface area contributed by atoms with Crippen LogP contribution in [0.4, 0.5) is 0 Å². The van der Waals surface area contributed by atoms with Gasteiger partial charge in [-0.05, 0) is 58.3 Å². The van der Waals surface area contributed by atoms with E-state index in [1.54, 1.807) is 47.9 Å². The van der Waals surface area contributed by atoms with Gasteiger partial charge < -0.3 is 14.9 Å².